The van der Waals surface area contributed by atoms with E-state index in [1.165, 1.54) is 36.0 Å². The molecular weight excluding hydrogens is 272 g/mol. The van der Waals surface area contributed by atoms with Crippen molar-refractivity contribution in [2.24, 2.45) is 16.5 Å². The Morgan fingerprint density at radius 2 is 2.18 bits per heavy atom. The summed E-state index contributed by atoms with van der Waals surface area (Å²) in [6, 6.07) is 0. The van der Waals surface area contributed by atoms with Gasteiger partial charge in [0.25, 0.3) is 0 Å². The van der Waals surface area contributed by atoms with Gasteiger partial charge in [0.05, 0.1) is 11.4 Å². The Morgan fingerprint density at radius 1 is 1.41 bits per heavy atom. The van der Waals surface area contributed by atoms with Crippen LogP contribution >= 0.6 is 0 Å². The second-order valence-electron chi connectivity index (χ2n) is 5.97. The Morgan fingerprint density at radius 3 is 2.73 bits per heavy atom. The summed E-state index contributed by atoms with van der Waals surface area (Å²) in [4.78, 5) is 4.48. The molecule has 0 bridgehead atoms. The van der Waals surface area contributed by atoms with Crippen LogP contribution < -0.4 is 16.8 Å². The fourth-order valence-corrected chi connectivity index (χ4v) is 2.75. The minimum absolute atomic E-state index is 0.583. The van der Waals surface area contributed by atoms with E-state index in [0.717, 1.165) is 24.1 Å². The molecule has 0 amide bonds. The van der Waals surface area contributed by atoms with Gasteiger partial charge in [0.2, 0.25) is 0 Å². The zero-order valence-corrected chi connectivity index (χ0v) is 13.8. The lowest BCUT2D eigenvalue weighted by Crippen LogP contribution is -2.24. The van der Waals surface area contributed by atoms with Gasteiger partial charge in [0.1, 0.15) is 6.67 Å². The van der Waals surface area contributed by atoms with Crippen molar-refractivity contribution in [2.45, 2.75) is 46.0 Å². The van der Waals surface area contributed by atoms with E-state index in [1.807, 2.05) is 6.20 Å². The smallest absolute Gasteiger partial charge is 0.108 e. The summed E-state index contributed by atoms with van der Waals surface area (Å²) >= 11 is 0. The molecule has 0 unspecified atom stereocenters. The van der Waals surface area contributed by atoms with Gasteiger partial charge < -0.3 is 16.8 Å². The first-order valence-electron chi connectivity index (χ1n) is 8.19. The zero-order valence-electron chi connectivity index (χ0n) is 13.8. The SMILES string of the molecule is CCC/C(CN)=C(C=C1CCC1)\C=C(/C)C1=NCNC=C1N. The van der Waals surface area contributed by atoms with Crippen LogP contribution in [0.1, 0.15) is 46.0 Å². The van der Waals surface area contributed by atoms with Gasteiger partial charge in [-0.3, -0.25) is 4.99 Å². The number of aliphatic imine (C=N–C) groups is 1. The van der Waals surface area contributed by atoms with Crippen molar-refractivity contribution in [1.29, 1.82) is 0 Å². The molecule has 2 aliphatic rings. The largest absolute Gasteiger partial charge is 0.396 e. The molecule has 0 spiro atoms. The second kappa shape index (κ2) is 7.99. The topological polar surface area (TPSA) is 76.4 Å². The summed E-state index contributed by atoms with van der Waals surface area (Å²) < 4.78 is 0. The van der Waals surface area contributed by atoms with Gasteiger partial charge >= 0.3 is 0 Å². The van der Waals surface area contributed by atoms with Crippen LogP contribution in [0.25, 0.3) is 0 Å². The van der Waals surface area contributed by atoms with Crippen LogP contribution in [-0.2, 0) is 0 Å². The Bertz CT molecular complexity index is 556. The van der Waals surface area contributed by atoms with Crippen LogP contribution in [0.3, 0.4) is 0 Å². The number of rotatable bonds is 6. The first-order valence-corrected chi connectivity index (χ1v) is 8.19. The zero-order chi connectivity index (χ0) is 15.9. The Hall–Kier alpha value is -1.81. The van der Waals surface area contributed by atoms with E-state index in [4.69, 9.17) is 11.5 Å². The van der Waals surface area contributed by atoms with Crippen molar-refractivity contribution in [3.8, 4) is 0 Å². The third-order valence-corrected chi connectivity index (χ3v) is 4.17. The summed E-state index contributed by atoms with van der Waals surface area (Å²) in [6.07, 6.45) is 12.2. The van der Waals surface area contributed by atoms with Gasteiger partial charge in [-0.05, 0) is 55.4 Å². The maximum absolute atomic E-state index is 6.03. The third-order valence-electron chi connectivity index (χ3n) is 4.17. The van der Waals surface area contributed by atoms with Crippen molar-refractivity contribution >= 4 is 5.71 Å². The molecule has 0 aromatic carbocycles. The highest BCUT2D eigenvalue weighted by atomic mass is 15.0. The van der Waals surface area contributed by atoms with Gasteiger partial charge in [0, 0.05) is 12.7 Å². The maximum atomic E-state index is 6.03. The molecule has 1 saturated carbocycles. The highest BCUT2D eigenvalue weighted by Gasteiger charge is 2.13. The average molecular weight is 300 g/mol. The summed E-state index contributed by atoms with van der Waals surface area (Å²) in [5, 5.41) is 3.03. The Labute approximate surface area is 133 Å². The highest BCUT2D eigenvalue weighted by Crippen LogP contribution is 2.28. The molecule has 4 nitrogen and oxygen atoms in total. The standard InChI is InChI=1S/C18H28N4/c1-3-5-15(10-19)16(9-14-6-4-7-14)8-13(2)18-17(20)11-21-12-22-18/h8-9,11,21H,3-7,10,12,19-20H2,1-2H3/b13-8+,16-15-. The highest BCUT2D eigenvalue weighted by molar-refractivity contribution is 6.12. The molecule has 0 atom stereocenters. The summed E-state index contributed by atoms with van der Waals surface area (Å²) in [5.41, 5.74) is 18.8. The van der Waals surface area contributed by atoms with Gasteiger partial charge in [-0.25, -0.2) is 0 Å². The lowest BCUT2D eigenvalue weighted by molar-refractivity contribution is 0.661. The molecule has 0 radical (unpaired) electrons. The molecule has 0 saturated heterocycles. The fraction of sp³-hybridized carbons (Fsp3) is 0.500. The monoisotopic (exact) mass is 300 g/mol. The van der Waals surface area contributed by atoms with Gasteiger partial charge in [0.15, 0.2) is 0 Å². The second-order valence-corrected chi connectivity index (χ2v) is 5.97. The number of nitrogens with two attached hydrogens (primary N) is 2. The lowest BCUT2D eigenvalue weighted by Gasteiger charge is -2.19. The summed E-state index contributed by atoms with van der Waals surface area (Å²) in [7, 11) is 0. The molecule has 1 aliphatic heterocycles. The van der Waals surface area contributed by atoms with Crippen LogP contribution in [0.15, 0.2) is 51.3 Å². The first-order chi connectivity index (χ1) is 10.7. The molecule has 1 aliphatic carbocycles. The normalized spacial score (nSPS) is 19.6. The third kappa shape index (κ3) is 4.10. The Kier molecular flexibility index (Phi) is 6.01. The average Bonchev–Trinajstić information content (AvgIpc) is 2.47. The van der Waals surface area contributed by atoms with Gasteiger partial charge in [-0.2, -0.15) is 0 Å². The maximum Gasteiger partial charge on any atom is 0.108 e. The lowest BCUT2D eigenvalue weighted by atomic mass is 9.88. The van der Waals surface area contributed by atoms with E-state index < -0.39 is 0 Å². The van der Waals surface area contributed by atoms with Crippen molar-refractivity contribution in [3.63, 3.8) is 0 Å². The molecule has 22 heavy (non-hydrogen) atoms. The number of hydrogen-bond acceptors (Lipinski definition) is 4. The molecule has 4 heteroatoms. The minimum atomic E-state index is 0.583. The fourth-order valence-electron chi connectivity index (χ4n) is 2.75. The molecule has 0 aromatic heterocycles. The Balaban J connectivity index is 2.34. The van der Waals surface area contributed by atoms with Gasteiger partial charge in [-0.15, -0.1) is 0 Å². The van der Waals surface area contributed by atoms with Crippen LogP contribution in [0, 0.1) is 0 Å². The van der Waals surface area contributed by atoms with Crippen LogP contribution in [0.5, 0.6) is 0 Å². The van der Waals surface area contributed by atoms with E-state index in [0.29, 0.717) is 18.9 Å². The van der Waals surface area contributed by atoms with Crippen LogP contribution in [-0.4, -0.2) is 18.9 Å². The number of nitrogens with zero attached hydrogens (tertiary/aromatic N) is 1. The van der Waals surface area contributed by atoms with E-state index in [9.17, 15) is 0 Å². The van der Waals surface area contributed by atoms with Crippen LogP contribution in [0.4, 0.5) is 0 Å². The predicted octanol–water partition coefficient (Wildman–Crippen LogP) is 2.90. The molecule has 1 heterocycles. The molecule has 1 fully saturated rings. The number of allylic oxidation sites excluding steroid dienone is 5. The van der Waals surface area contributed by atoms with E-state index in [2.05, 4.69) is 36.3 Å². The van der Waals surface area contributed by atoms with E-state index in [-0.39, 0.29) is 0 Å². The van der Waals surface area contributed by atoms with Crippen molar-refractivity contribution in [3.05, 3.63) is 46.3 Å². The minimum Gasteiger partial charge on any atom is -0.396 e. The number of hydrogen-bond donors (Lipinski definition) is 3. The molecular formula is C18H28N4. The summed E-state index contributed by atoms with van der Waals surface area (Å²) in [5.74, 6) is 0. The quantitative estimate of drug-likeness (QED) is 0.660. The van der Waals surface area contributed by atoms with E-state index >= 15 is 0 Å². The predicted molar refractivity (Wildman–Crippen MR) is 94.4 cm³/mol. The molecule has 120 valence electrons. The van der Waals surface area contributed by atoms with Crippen molar-refractivity contribution in [1.82, 2.24) is 5.32 Å². The molecule has 2 rings (SSSR count). The molecule has 5 N–H and O–H groups in total. The van der Waals surface area contributed by atoms with Crippen molar-refractivity contribution < 1.29 is 0 Å². The van der Waals surface area contributed by atoms with Crippen LogP contribution in [0.2, 0.25) is 0 Å². The van der Waals surface area contributed by atoms with Crippen molar-refractivity contribution in [2.75, 3.05) is 13.2 Å². The summed E-state index contributed by atoms with van der Waals surface area (Å²) in [6.45, 7) is 5.46. The van der Waals surface area contributed by atoms with E-state index in [1.54, 1.807) is 0 Å². The number of nitrogens with one attached hydrogen (secondary N) is 1. The van der Waals surface area contributed by atoms with Gasteiger partial charge in [-0.1, -0.05) is 25.0 Å². The first kappa shape index (κ1) is 16.6. The molecule has 0 aromatic rings.